The summed E-state index contributed by atoms with van der Waals surface area (Å²) in [5.74, 6) is 0.818. The Morgan fingerprint density at radius 3 is 2.62 bits per heavy atom. The number of ether oxygens (including phenoxy) is 1. The van der Waals surface area contributed by atoms with E-state index in [4.69, 9.17) is 21.3 Å². The number of anilines is 1. The number of halogens is 1. The summed E-state index contributed by atoms with van der Waals surface area (Å²) in [5.41, 5.74) is 2.82. The van der Waals surface area contributed by atoms with E-state index in [1.807, 2.05) is 55.5 Å². The molecule has 0 saturated heterocycles. The lowest BCUT2D eigenvalue weighted by Gasteiger charge is -2.11. The molecule has 1 N–H and O–H groups in total. The number of carbonyl (C=O) groups is 1. The molecule has 0 radical (unpaired) electrons. The van der Waals surface area contributed by atoms with Gasteiger partial charge in [0, 0.05) is 17.1 Å². The van der Waals surface area contributed by atoms with Crippen LogP contribution in [0.5, 0.6) is 5.75 Å². The maximum atomic E-state index is 13.0. The van der Waals surface area contributed by atoms with Gasteiger partial charge in [-0.15, -0.1) is 0 Å². The zero-order valence-electron chi connectivity index (χ0n) is 15.7. The summed E-state index contributed by atoms with van der Waals surface area (Å²) < 4.78 is 5.50. The first kappa shape index (κ1) is 18.9. The number of hydrogen-bond donors (Lipinski definition) is 1. The highest BCUT2D eigenvalue weighted by Gasteiger charge is 2.15. The first-order chi connectivity index (χ1) is 14.2. The van der Waals surface area contributed by atoms with E-state index >= 15 is 0 Å². The molecule has 2 aromatic heterocycles. The third-order valence-electron chi connectivity index (χ3n) is 4.41. The second-order valence-electron chi connectivity index (χ2n) is 6.32. The van der Waals surface area contributed by atoms with Gasteiger partial charge in [0.25, 0.3) is 5.91 Å². The fraction of sp³-hybridized carbons (Fsp3) is 0.0870. The van der Waals surface area contributed by atoms with Gasteiger partial charge in [-0.2, -0.15) is 0 Å². The van der Waals surface area contributed by atoms with Crippen molar-refractivity contribution in [1.29, 1.82) is 0 Å². The van der Waals surface area contributed by atoms with Crippen LogP contribution in [0.1, 0.15) is 17.3 Å². The summed E-state index contributed by atoms with van der Waals surface area (Å²) in [7, 11) is 0. The number of aromatic nitrogens is 2. The highest BCUT2D eigenvalue weighted by molar-refractivity contribution is 6.33. The molecule has 4 aromatic rings. The Kier molecular flexibility index (Phi) is 5.40. The Morgan fingerprint density at radius 1 is 1.07 bits per heavy atom. The molecule has 0 fully saturated rings. The second-order valence-corrected chi connectivity index (χ2v) is 6.72. The molecule has 2 heterocycles. The monoisotopic (exact) mass is 403 g/mol. The number of benzene rings is 2. The van der Waals surface area contributed by atoms with E-state index in [-0.39, 0.29) is 5.91 Å². The molecular weight excluding hydrogens is 386 g/mol. The number of para-hydroxylation sites is 1. The maximum absolute atomic E-state index is 13.0. The van der Waals surface area contributed by atoms with Crippen LogP contribution in [0.15, 0.2) is 72.9 Å². The van der Waals surface area contributed by atoms with Crippen LogP contribution in [0.25, 0.3) is 22.2 Å². The van der Waals surface area contributed by atoms with Crippen molar-refractivity contribution in [3.63, 3.8) is 0 Å². The molecule has 4 rings (SSSR count). The summed E-state index contributed by atoms with van der Waals surface area (Å²) in [6.45, 7) is 2.55. The zero-order chi connectivity index (χ0) is 20.2. The smallest absolute Gasteiger partial charge is 0.257 e. The average molecular weight is 404 g/mol. The summed E-state index contributed by atoms with van der Waals surface area (Å²) >= 11 is 6.14. The normalized spacial score (nSPS) is 10.7. The molecule has 0 spiro atoms. The van der Waals surface area contributed by atoms with E-state index in [0.717, 1.165) is 22.2 Å². The van der Waals surface area contributed by atoms with Crippen molar-refractivity contribution in [3.05, 3.63) is 83.5 Å². The van der Waals surface area contributed by atoms with Gasteiger partial charge in [0.15, 0.2) is 5.82 Å². The van der Waals surface area contributed by atoms with E-state index in [1.165, 1.54) is 0 Å². The lowest BCUT2D eigenvalue weighted by atomic mass is 10.0. The fourth-order valence-electron chi connectivity index (χ4n) is 3.05. The molecule has 0 atom stereocenters. The van der Waals surface area contributed by atoms with Gasteiger partial charge in [-0.25, -0.2) is 9.97 Å². The molecule has 6 heteroatoms. The van der Waals surface area contributed by atoms with E-state index in [9.17, 15) is 4.79 Å². The Bertz CT molecular complexity index is 1180. The topological polar surface area (TPSA) is 64.1 Å². The van der Waals surface area contributed by atoms with Crippen molar-refractivity contribution in [2.75, 3.05) is 11.9 Å². The summed E-state index contributed by atoms with van der Waals surface area (Å²) in [6, 6.07) is 20.4. The molecule has 0 aliphatic rings. The molecule has 0 saturated carbocycles. The van der Waals surface area contributed by atoms with E-state index < -0.39 is 0 Å². The molecule has 5 nitrogen and oxygen atoms in total. The first-order valence-corrected chi connectivity index (χ1v) is 9.58. The van der Waals surface area contributed by atoms with Gasteiger partial charge in [-0.3, -0.25) is 4.79 Å². The molecule has 0 aliphatic heterocycles. The number of fused-ring (bicyclic) bond motifs is 1. The number of rotatable bonds is 5. The molecule has 29 heavy (non-hydrogen) atoms. The van der Waals surface area contributed by atoms with Gasteiger partial charge in [0.2, 0.25) is 0 Å². The van der Waals surface area contributed by atoms with Crippen LogP contribution in [0, 0.1) is 0 Å². The minimum absolute atomic E-state index is 0.295. The number of nitrogens with one attached hydrogen (secondary N) is 1. The van der Waals surface area contributed by atoms with Gasteiger partial charge < -0.3 is 10.1 Å². The number of nitrogens with zero attached hydrogens (tertiary/aromatic N) is 2. The largest absolute Gasteiger partial charge is 0.494 e. The average Bonchev–Trinajstić information content (AvgIpc) is 2.75. The summed E-state index contributed by atoms with van der Waals surface area (Å²) in [4.78, 5) is 21.9. The molecule has 0 unspecified atom stereocenters. The van der Waals surface area contributed by atoms with Crippen LogP contribution in [0.3, 0.4) is 0 Å². The van der Waals surface area contributed by atoms with Crippen molar-refractivity contribution >= 4 is 34.2 Å². The zero-order valence-corrected chi connectivity index (χ0v) is 16.5. The summed E-state index contributed by atoms with van der Waals surface area (Å²) in [5, 5.41) is 3.93. The van der Waals surface area contributed by atoms with Crippen molar-refractivity contribution in [1.82, 2.24) is 9.97 Å². The number of amides is 1. The lowest BCUT2D eigenvalue weighted by Crippen LogP contribution is -2.14. The van der Waals surface area contributed by atoms with E-state index in [0.29, 0.717) is 28.7 Å². The SMILES string of the molecule is CCOc1ccc(-c2cc(C(=O)Nc3ncccc3Cl)c3ccccc3n2)cc1. The van der Waals surface area contributed by atoms with E-state index in [1.54, 1.807) is 24.4 Å². The molecule has 1 amide bonds. The fourth-order valence-corrected chi connectivity index (χ4v) is 3.22. The quantitative estimate of drug-likeness (QED) is 0.471. The molecule has 0 bridgehead atoms. The van der Waals surface area contributed by atoms with Crippen molar-refractivity contribution in [2.45, 2.75) is 6.92 Å². The van der Waals surface area contributed by atoms with Crippen molar-refractivity contribution < 1.29 is 9.53 Å². The Hall–Kier alpha value is -3.44. The molecule has 0 aliphatic carbocycles. The van der Waals surface area contributed by atoms with Crippen LogP contribution < -0.4 is 10.1 Å². The first-order valence-electron chi connectivity index (χ1n) is 9.20. The number of pyridine rings is 2. The van der Waals surface area contributed by atoms with Crippen molar-refractivity contribution in [3.8, 4) is 17.0 Å². The maximum Gasteiger partial charge on any atom is 0.257 e. The van der Waals surface area contributed by atoms with Crippen LogP contribution >= 0.6 is 11.6 Å². The van der Waals surface area contributed by atoms with E-state index in [2.05, 4.69) is 10.3 Å². The standard InChI is InChI=1S/C23H18ClN3O2/c1-2-29-16-11-9-15(10-12-16)21-14-18(17-6-3-4-8-20(17)26-21)23(28)27-22-19(24)7-5-13-25-22/h3-14H,2H2,1H3,(H,25,27,28). The molecule has 2 aromatic carbocycles. The lowest BCUT2D eigenvalue weighted by molar-refractivity contribution is 0.102. The third kappa shape index (κ3) is 4.05. The minimum atomic E-state index is -0.295. The van der Waals surface area contributed by atoms with Gasteiger partial charge in [-0.1, -0.05) is 29.8 Å². The van der Waals surface area contributed by atoms with Gasteiger partial charge in [0.1, 0.15) is 5.75 Å². The van der Waals surface area contributed by atoms with Gasteiger partial charge in [0.05, 0.1) is 28.4 Å². The molecular formula is C23H18ClN3O2. The molecule has 144 valence electrons. The van der Waals surface area contributed by atoms with Crippen LogP contribution in [-0.4, -0.2) is 22.5 Å². The Labute approximate surface area is 173 Å². The second kappa shape index (κ2) is 8.29. The highest BCUT2D eigenvalue weighted by atomic mass is 35.5. The van der Waals surface area contributed by atoms with Gasteiger partial charge >= 0.3 is 0 Å². The Morgan fingerprint density at radius 2 is 1.86 bits per heavy atom. The minimum Gasteiger partial charge on any atom is -0.494 e. The number of hydrogen-bond acceptors (Lipinski definition) is 4. The number of carbonyl (C=O) groups excluding carboxylic acids is 1. The highest BCUT2D eigenvalue weighted by Crippen LogP contribution is 2.27. The van der Waals surface area contributed by atoms with Crippen LogP contribution in [0.4, 0.5) is 5.82 Å². The van der Waals surface area contributed by atoms with Crippen molar-refractivity contribution in [2.24, 2.45) is 0 Å². The predicted octanol–water partition coefficient (Wildman–Crippen LogP) is 5.60. The predicted molar refractivity (Wildman–Crippen MR) is 116 cm³/mol. The Balaban J connectivity index is 1.76. The third-order valence-corrected chi connectivity index (χ3v) is 4.72. The van der Waals surface area contributed by atoms with Crippen LogP contribution in [-0.2, 0) is 0 Å². The van der Waals surface area contributed by atoms with Crippen LogP contribution in [0.2, 0.25) is 5.02 Å². The van der Waals surface area contributed by atoms with Gasteiger partial charge in [-0.05, 0) is 55.5 Å². The summed E-state index contributed by atoms with van der Waals surface area (Å²) in [6.07, 6.45) is 1.58.